The van der Waals surface area contributed by atoms with E-state index in [4.69, 9.17) is 14.5 Å². The summed E-state index contributed by atoms with van der Waals surface area (Å²) in [6.07, 6.45) is 0.808. The maximum Gasteiger partial charge on any atom is 0.330 e. The van der Waals surface area contributed by atoms with Gasteiger partial charge in [0.25, 0.3) is 0 Å². The number of carbonyl (C=O) groups is 4. The van der Waals surface area contributed by atoms with Crippen LogP contribution in [-0.2, 0) is 20.8 Å². The summed E-state index contributed by atoms with van der Waals surface area (Å²) in [6.45, 7) is 9.53. The molecule has 2 fully saturated rings. The van der Waals surface area contributed by atoms with Gasteiger partial charge in [0.15, 0.2) is 0 Å². The van der Waals surface area contributed by atoms with Crippen LogP contribution in [0.2, 0.25) is 0 Å². The number of aliphatic hydroxyl groups is 1. The Morgan fingerprint density at radius 1 is 1.05 bits per heavy atom. The number of urea groups is 1. The zero-order valence-corrected chi connectivity index (χ0v) is 32.5. The topological polar surface area (TPSA) is 179 Å². The fourth-order valence-corrected chi connectivity index (χ4v) is 8.07. The third-order valence-corrected chi connectivity index (χ3v) is 11.1. The number of carboxylic acids is 1. The van der Waals surface area contributed by atoms with Crippen LogP contribution in [0.25, 0.3) is 22.2 Å². The molecule has 5 N–H and O–H groups in total. The monoisotopic (exact) mass is 775 g/mol. The lowest BCUT2D eigenvalue weighted by Gasteiger charge is -2.31. The quantitative estimate of drug-likeness (QED) is 0.122. The lowest BCUT2D eigenvalue weighted by Crippen LogP contribution is -2.57. The van der Waals surface area contributed by atoms with Gasteiger partial charge in [-0.2, -0.15) is 0 Å². The van der Waals surface area contributed by atoms with Crippen LogP contribution in [0.1, 0.15) is 57.2 Å². The first-order valence-corrected chi connectivity index (χ1v) is 19.2. The van der Waals surface area contributed by atoms with Crippen LogP contribution in [0, 0.1) is 11.3 Å². The number of likely N-dealkylation sites (tertiary alicyclic amines) is 1. The SMILES string of the molecule is C=C[C@@H]1C[C@]1(NC(=O)[C@@H]1C[C@@H](Oc2cc(-c3ccccc3)nc3cc(OC)ccc23)CN1C(=O)NC(CC(C)(C)C)C(=O)N[C@H]1c2ccccc2C[C@H]1O)C(=O)O. The average Bonchev–Trinajstić information content (AvgIpc) is 3.59. The van der Waals surface area contributed by atoms with Gasteiger partial charge >= 0.3 is 12.0 Å². The number of pyridine rings is 1. The smallest absolute Gasteiger partial charge is 0.330 e. The Balaban J connectivity index is 1.18. The standard InChI is InChI=1S/C44H49N5O8/c1-6-27-22-44(27,41(53)54)48-40(52)35-20-29(57-37-21-32(25-12-8-7-9-13-25)45-33-19-28(56-5)16-17-31(33)37)24-49(35)42(55)46-34(23-43(2,3)4)39(51)47-38-30-15-11-10-14-26(30)18-36(38)50/h6-17,19,21,27,29,34-36,38,50H,1,18,20,22-24H2,2-5H3,(H,46,55)(H,47,51)(H,48,52)(H,53,54)/t27-,29-,34?,35+,36-,38+,44-/m1/s1. The molecule has 2 aliphatic carbocycles. The van der Waals surface area contributed by atoms with E-state index in [0.29, 0.717) is 34.5 Å². The van der Waals surface area contributed by atoms with Gasteiger partial charge in [0, 0.05) is 41.8 Å². The minimum atomic E-state index is -1.53. The number of ether oxygens (including phenoxy) is 2. The summed E-state index contributed by atoms with van der Waals surface area (Å²) < 4.78 is 12.1. The van der Waals surface area contributed by atoms with E-state index in [1.165, 1.54) is 11.0 Å². The first kappa shape index (κ1) is 39.3. The molecule has 3 aromatic carbocycles. The second kappa shape index (κ2) is 15.5. The summed E-state index contributed by atoms with van der Waals surface area (Å²) in [5.74, 6) is -1.70. The van der Waals surface area contributed by atoms with E-state index in [0.717, 1.165) is 16.7 Å². The number of hydrogen-bond donors (Lipinski definition) is 5. The molecule has 13 nitrogen and oxygen atoms in total. The molecule has 0 radical (unpaired) electrons. The van der Waals surface area contributed by atoms with E-state index < -0.39 is 71.0 Å². The number of rotatable bonds is 12. The van der Waals surface area contributed by atoms with Crippen LogP contribution in [0.5, 0.6) is 11.5 Å². The predicted octanol–water partition coefficient (Wildman–Crippen LogP) is 5.17. The molecule has 1 aliphatic heterocycles. The number of hydrogen-bond acceptors (Lipinski definition) is 8. The lowest BCUT2D eigenvalue weighted by molar-refractivity contribution is -0.144. The van der Waals surface area contributed by atoms with Crippen LogP contribution in [0.15, 0.2) is 91.5 Å². The molecule has 4 amide bonds. The fourth-order valence-electron chi connectivity index (χ4n) is 8.07. The predicted molar refractivity (Wildman–Crippen MR) is 213 cm³/mol. The number of aliphatic hydroxyl groups excluding tert-OH is 1. The number of aromatic nitrogens is 1. The molecule has 7 atom stereocenters. The molecule has 7 rings (SSSR count). The summed E-state index contributed by atoms with van der Waals surface area (Å²) in [6, 6.07) is 20.9. The van der Waals surface area contributed by atoms with E-state index >= 15 is 0 Å². The zero-order chi connectivity index (χ0) is 40.6. The highest BCUT2D eigenvalue weighted by Crippen LogP contribution is 2.45. The van der Waals surface area contributed by atoms with Gasteiger partial charge in [-0.3, -0.25) is 9.59 Å². The van der Waals surface area contributed by atoms with Crippen LogP contribution in [-0.4, -0.2) is 87.4 Å². The Kier molecular flexibility index (Phi) is 10.7. The molecule has 1 saturated heterocycles. The molecule has 0 bridgehead atoms. The van der Waals surface area contributed by atoms with Crippen LogP contribution < -0.4 is 25.4 Å². The number of nitrogens with one attached hydrogen (secondary N) is 3. The molecule has 0 spiro atoms. The maximum atomic E-state index is 14.4. The van der Waals surface area contributed by atoms with Gasteiger partial charge in [0.05, 0.1) is 37.0 Å². The van der Waals surface area contributed by atoms with Gasteiger partial charge < -0.3 is 40.5 Å². The van der Waals surface area contributed by atoms with E-state index in [9.17, 15) is 29.4 Å². The second-order valence-corrected chi connectivity index (χ2v) is 16.4. The second-order valence-electron chi connectivity index (χ2n) is 16.4. The van der Waals surface area contributed by atoms with Gasteiger partial charge in [0.1, 0.15) is 35.2 Å². The van der Waals surface area contributed by atoms with Crippen molar-refractivity contribution in [2.45, 2.75) is 82.3 Å². The van der Waals surface area contributed by atoms with Gasteiger partial charge in [-0.1, -0.05) is 81.4 Å². The van der Waals surface area contributed by atoms with Crippen molar-refractivity contribution in [1.29, 1.82) is 0 Å². The minimum absolute atomic E-state index is 0.0372. The fraction of sp³-hybridized carbons (Fsp3) is 0.386. The van der Waals surface area contributed by atoms with Gasteiger partial charge in [-0.05, 0) is 41.5 Å². The summed E-state index contributed by atoms with van der Waals surface area (Å²) in [5, 5.41) is 30.3. The van der Waals surface area contributed by atoms with Crippen molar-refractivity contribution < 1.29 is 38.9 Å². The molecular formula is C44H49N5O8. The Bertz CT molecular complexity index is 2210. The zero-order valence-electron chi connectivity index (χ0n) is 32.5. The van der Waals surface area contributed by atoms with E-state index in [1.54, 1.807) is 19.2 Å². The molecular weight excluding hydrogens is 727 g/mol. The van der Waals surface area contributed by atoms with E-state index in [2.05, 4.69) is 22.5 Å². The Morgan fingerprint density at radius 2 is 1.79 bits per heavy atom. The van der Waals surface area contributed by atoms with E-state index in [1.807, 2.05) is 87.5 Å². The molecule has 1 unspecified atom stereocenters. The van der Waals surface area contributed by atoms with Crippen molar-refractivity contribution in [2.24, 2.45) is 11.3 Å². The Hall–Kier alpha value is -5.95. The molecule has 13 heteroatoms. The molecule has 1 saturated carbocycles. The number of methoxy groups -OCH3 is 1. The van der Waals surface area contributed by atoms with Crippen molar-refractivity contribution in [3.63, 3.8) is 0 Å². The van der Waals surface area contributed by atoms with Gasteiger partial charge in [-0.25, -0.2) is 14.6 Å². The highest BCUT2D eigenvalue weighted by Gasteiger charge is 2.61. The van der Waals surface area contributed by atoms with Crippen LogP contribution in [0.3, 0.4) is 0 Å². The Morgan fingerprint density at radius 3 is 2.47 bits per heavy atom. The molecule has 1 aromatic heterocycles. The van der Waals surface area contributed by atoms with Crippen molar-refractivity contribution in [3.8, 4) is 22.8 Å². The van der Waals surface area contributed by atoms with Crippen molar-refractivity contribution in [2.75, 3.05) is 13.7 Å². The number of aliphatic carboxylic acids is 1. The summed E-state index contributed by atoms with van der Waals surface area (Å²) in [5.41, 5.74) is 1.94. The normalized spacial score (nSPS) is 24.2. The molecule has 57 heavy (non-hydrogen) atoms. The lowest BCUT2D eigenvalue weighted by atomic mass is 9.87. The summed E-state index contributed by atoms with van der Waals surface area (Å²) in [4.78, 5) is 61.1. The molecule has 4 aromatic rings. The van der Waals surface area contributed by atoms with Crippen LogP contribution >= 0.6 is 0 Å². The van der Waals surface area contributed by atoms with Crippen molar-refractivity contribution >= 4 is 34.7 Å². The number of amides is 4. The average molecular weight is 776 g/mol. The number of carboxylic acid groups (broad SMARTS) is 1. The summed E-state index contributed by atoms with van der Waals surface area (Å²) >= 11 is 0. The molecule has 298 valence electrons. The summed E-state index contributed by atoms with van der Waals surface area (Å²) in [7, 11) is 1.57. The third kappa shape index (κ3) is 8.15. The van der Waals surface area contributed by atoms with Crippen molar-refractivity contribution in [3.05, 3.63) is 103 Å². The number of nitrogens with zero attached hydrogens (tertiary/aromatic N) is 2. The first-order chi connectivity index (χ1) is 27.2. The number of fused-ring (bicyclic) bond motifs is 2. The highest BCUT2D eigenvalue weighted by molar-refractivity contribution is 5.95. The molecule has 2 heterocycles. The highest BCUT2D eigenvalue weighted by atomic mass is 16.5. The largest absolute Gasteiger partial charge is 0.497 e. The van der Waals surface area contributed by atoms with E-state index in [-0.39, 0.29) is 25.8 Å². The Labute approximate surface area is 331 Å². The van der Waals surface area contributed by atoms with Crippen LogP contribution in [0.4, 0.5) is 4.79 Å². The maximum absolute atomic E-state index is 14.4. The molecule has 3 aliphatic rings. The van der Waals surface area contributed by atoms with Gasteiger partial charge in [0.2, 0.25) is 11.8 Å². The van der Waals surface area contributed by atoms with Gasteiger partial charge in [-0.15, -0.1) is 6.58 Å². The van der Waals surface area contributed by atoms with Crippen molar-refractivity contribution in [1.82, 2.24) is 25.8 Å². The minimum Gasteiger partial charge on any atom is -0.497 e. The first-order valence-electron chi connectivity index (χ1n) is 19.2. The number of benzene rings is 3. The third-order valence-electron chi connectivity index (χ3n) is 11.1. The number of carbonyl (C=O) groups excluding carboxylic acids is 3.